The fourth-order valence-corrected chi connectivity index (χ4v) is 4.70. The van der Waals surface area contributed by atoms with Gasteiger partial charge in [-0.3, -0.25) is 0 Å². The van der Waals surface area contributed by atoms with Crippen LogP contribution in [0.3, 0.4) is 0 Å². The first-order valence-electron chi connectivity index (χ1n) is 12.2. The molecule has 0 amide bonds. The molecule has 0 saturated carbocycles. The molecule has 6 heteroatoms. The third-order valence-electron chi connectivity index (χ3n) is 6.66. The van der Waals surface area contributed by atoms with Crippen molar-refractivity contribution in [3.05, 3.63) is 90.8 Å². The lowest BCUT2D eigenvalue weighted by molar-refractivity contribution is 0.799. The first-order chi connectivity index (χ1) is 17.6. The average Bonchev–Trinajstić information content (AvgIpc) is 3.64. The molecular weight excluding hydrogens is 444 g/mol. The number of aromatic amines is 3. The van der Waals surface area contributed by atoms with Crippen molar-refractivity contribution in [2.75, 3.05) is 0 Å². The molecule has 0 unspecified atom stereocenters. The van der Waals surface area contributed by atoms with E-state index in [0.29, 0.717) is 5.92 Å². The molecule has 0 atom stereocenters. The minimum Gasteiger partial charge on any atom is -0.342 e. The minimum absolute atomic E-state index is 0.355. The van der Waals surface area contributed by atoms with Gasteiger partial charge >= 0.3 is 0 Å². The second-order valence-electron chi connectivity index (χ2n) is 9.51. The highest BCUT2D eigenvalue weighted by Crippen LogP contribution is 2.29. The Morgan fingerprint density at radius 3 is 1.58 bits per heavy atom. The number of fused-ring (bicyclic) bond motifs is 3. The Labute approximate surface area is 207 Å². The molecule has 4 aromatic carbocycles. The molecule has 0 aliphatic carbocycles. The van der Waals surface area contributed by atoms with Gasteiger partial charge in [-0.05, 0) is 59.7 Å². The summed E-state index contributed by atoms with van der Waals surface area (Å²) in [6.45, 7) is 4.28. The van der Waals surface area contributed by atoms with Gasteiger partial charge in [0.25, 0.3) is 0 Å². The molecule has 0 bridgehead atoms. The van der Waals surface area contributed by atoms with Gasteiger partial charge in [0.2, 0.25) is 0 Å². The molecule has 6 nitrogen and oxygen atoms in total. The smallest absolute Gasteiger partial charge is 0.138 e. The van der Waals surface area contributed by atoms with Crippen molar-refractivity contribution in [3.63, 3.8) is 0 Å². The summed E-state index contributed by atoms with van der Waals surface area (Å²) in [7, 11) is 0. The van der Waals surface area contributed by atoms with E-state index in [4.69, 9.17) is 9.97 Å². The van der Waals surface area contributed by atoms with Crippen LogP contribution in [0.15, 0.2) is 84.9 Å². The standard InChI is InChI=1S/C30H24N6/c1-17(2)28-31-22-12-9-20(15-26(22)34-28)30-33-24-13-10-21(16-27(24)36-30)29-32-23-11-8-19(14-25(23)35-29)18-6-4-3-5-7-18/h3-17H,1-2H3,(H,31,34)(H,32,35)(H,33,36). The van der Waals surface area contributed by atoms with E-state index >= 15 is 0 Å². The number of H-pyrrole nitrogens is 3. The van der Waals surface area contributed by atoms with Crippen molar-refractivity contribution in [2.24, 2.45) is 0 Å². The molecular formula is C30H24N6. The van der Waals surface area contributed by atoms with Crippen molar-refractivity contribution in [3.8, 4) is 33.9 Å². The van der Waals surface area contributed by atoms with Crippen molar-refractivity contribution >= 4 is 33.1 Å². The van der Waals surface area contributed by atoms with Gasteiger partial charge in [-0.15, -0.1) is 0 Å². The summed E-state index contributed by atoms with van der Waals surface area (Å²) < 4.78 is 0. The lowest BCUT2D eigenvalue weighted by Crippen LogP contribution is -1.88. The van der Waals surface area contributed by atoms with Crippen molar-refractivity contribution in [2.45, 2.75) is 19.8 Å². The fourth-order valence-electron chi connectivity index (χ4n) is 4.70. The Balaban J connectivity index is 1.24. The van der Waals surface area contributed by atoms with Crippen LogP contribution >= 0.6 is 0 Å². The molecule has 0 saturated heterocycles. The lowest BCUT2D eigenvalue weighted by Gasteiger charge is -2.00. The molecule has 0 fully saturated rings. The fraction of sp³-hybridized carbons (Fsp3) is 0.100. The number of imidazole rings is 3. The SMILES string of the molecule is CC(C)c1nc2ccc(-c3nc4ccc(-c5nc6ccc(-c7ccccc7)cc6[nH]5)cc4[nH]3)cc2[nH]1. The quantitative estimate of drug-likeness (QED) is 0.251. The number of hydrogen-bond acceptors (Lipinski definition) is 3. The first-order valence-corrected chi connectivity index (χ1v) is 12.2. The number of nitrogens with one attached hydrogen (secondary N) is 3. The largest absolute Gasteiger partial charge is 0.342 e. The van der Waals surface area contributed by atoms with Gasteiger partial charge in [-0.2, -0.15) is 0 Å². The number of nitrogens with zero attached hydrogens (tertiary/aromatic N) is 3. The molecule has 0 aliphatic rings. The van der Waals surface area contributed by atoms with Crippen LogP contribution in [-0.2, 0) is 0 Å². The Morgan fingerprint density at radius 1 is 0.500 bits per heavy atom. The van der Waals surface area contributed by atoms with E-state index in [9.17, 15) is 0 Å². The zero-order valence-electron chi connectivity index (χ0n) is 20.0. The van der Waals surface area contributed by atoms with E-state index in [2.05, 4.69) is 101 Å². The van der Waals surface area contributed by atoms with E-state index < -0.39 is 0 Å². The van der Waals surface area contributed by atoms with Crippen LogP contribution in [0.4, 0.5) is 0 Å². The number of rotatable bonds is 4. The number of aromatic nitrogens is 6. The maximum Gasteiger partial charge on any atom is 0.138 e. The molecule has 0 radical (unpaired) electrons. The molecule has 0 spiro atoms. The maximum absolute atomic E-state index is 4.84. The van der Waals surface area contributed by atoms with Crippen molar-refractivity contribution in [1.29, 1.82) is 0 Å². The normalized spacial score (nSPS) is 11.9. The van der Waals surface area contributed by atoms with Gasteiger partial charge in [-0.1, -0.05) is 50.2 Å². The highest BCUT2D eigenvalue weighted by atomic mass is 14.9. The van der Waals surface area contributed by atoms with Gasteiger partial charge in [0.15, 0.2) is 0 Å². The van der Waals surface area contributed by atoms with Gasteiger partial charge in [0, 0.05) is 17.0 Å². The Hall–Kier alpha value is -4.71. The Kier molecular flexibility index (Phi) is 4.54. The van der Waals surface area contributed by atoms with Crippen LogP contribution in [0.25, 0.3) is 67.0 Å². The first kappa shape index (κ1) is 20.6. The van der Waals surface area contributed by atoms with Crippen molar-refractivity contribution in [1.82, 2.24) is 29.9 Å². The Bertz CT molecular complexity index is 1870. The van der Waals surface area contributed by atoms with Crippen LogP contribution < -0.4 is 0 Å². The van der Waals surface area contributed by atoms with E-state index in [0.717, 1.165) is 61.7 Å². The van der Waals surface area contributed by atoms with Crippen LogP contribution in [0.2, 0.25) is 0 Å². The lowest BCUT2D eigenvalue weighted by atomic mass is 10.1. The van der Waals surface area contributed by atoms with E-state index in [1.165, 1.54) is 11.1 Å². The molecule has 0 aliphatic heterocycles. The summed E-state index contributed by atoms with van der Waals surface area (Å²) in [6.07, 6.45) is 0. The van der Waals surface area contributed by atoms with Crippen LogP contribution in [0, 0.1) is 0 Å². The summed E-state index contributed by atoms with van der Waals surface area (Å²) in [5.41, 5.74) is 10.3. The summed E-state index contributed by atoms with van der Waals surface area (Å²) in [4.78, 5) is 24.8. The topological polar surface area (TPSA) is 86.0 Å². The molecule has 7 rings (SSSR count). The van der Waals surface area contributed by atoms with Crippen molar-refractivity contribution < 1.29 is 0 Å². The summed E-state index contributed by atoms with van der Waals surface area (Å²) >= 11 is 0. The van der Waals surface area contributed by atoms with E-state index in [1.807, 2.05) is 18.2 Å². The monoisotopic (exact) mass is 468 g/mol. The van der Waals surface area contributed by atoms with Crippen LogP contribution in [0.1, 0.15) is 25.6 Å². The van der Waals surface area contributed by atoms with E-state index in [1.54, 1.807) is 0 Å². The molecule has 3 N–H and O–H groups in total. The van der Waals surface area contributed by atoms with Crippen LogP contribution in [0.5, 0.6) is 0 Å². The number of benzene rings is 4. The second kappa shape index (κ2) is 7.92. The molecule has 7 aromatic rings. The zero-order valence-corrected chi connectivity index (χ0v) is 20.0. The second-order valence-corrected chi connectivity index (χ2v) is 9.51. The minimum atomic E-state index is 0.355. The average molecular weight is 469 g/mol. The van der Waals surface area contributed by atoms with Crippen LogP contribution in [-0.4, -0.2) is 29.9 Å². The number of hydrogen-bond donors (Lipinski definition) is 3. The molecule has 3 heterocycles. The van der Waals surface area contributed by atoms with E-state index in [-0.39, 0.29) is 0 Å². The Morgan fingerprint density at radius 2 is 1.00 bits per heavy atom. The predicted molar refractivity (Wildman–Crippen MR) is 146 cm³/mol. The maximum atomic E-state index is 4.84. The highest BCUT2D eigenvalue weighted by molar-refractivity contribution is 5.88. The zero-order chi connectivity index (χ0) is 24.2. The van der Waals surface area contributed by atoms with Gasteiger partial charge in [0.05, 0.1) is 33.1 Å². The molecule has 36 heavy (non-hydrogen) atoms. The summed E-state index contributed by atoms with van der Waals surface area (Å²) in [5.74, 6) is 3.03. The summed E-state index contributed by atoms with van der Waals surface area (Å²) in [5, 5.41) is 0. The summed E-state index contributed by atoms with van der Waals surface area (Å²) in [6, 6.07) is 29.2. The van der Waals surface area contributed by atoms with Gasteiger partial charge in [-0.25, -0.2) is 15.0 Å². The predicted octanol–water partition coefficient (Wildman–Crippen LogP) is 7.44. The van der Waals surface area contributed by atoms with Gasteiger partial charge in [0.1, 0.15) is 17.5 Å². The van der Waals surface area contributed by atoms with Gasteiger partial charge < -0.3 is 15.0 Å². The molecule has 3 aromatic heterocycles. The third-order valence-corrected chi connectivity index (χ3v) is 6.66. The molecule has 174 valence electrons. The highest BCUT2D eigenvalue weighted by Gasteiger charge is 2.12. The third kappa shape index (κ3) is 3.46.